The molecular formula is C19H24N2O2. The third-order valence-corrected chi connectivity index (χ3v) is 3.72. The summed E-state index contributed by atoms with van der Waals surface area (Å²) in [5, 5.41) is 15.3. The third-order valence-electron chi connectivity index (χ3n) is 3.72. The summed E-state index contributed by atoms with van der Waals surface area (Å²) in [6.07, 6.45) is 0.395. The van der Waals surface area contributed by atoms with Gasteiger partial charge in [0.15, 0.2) is 0 Å². The minimum Gasteiger partial charge on any atom is -0.396 e. The quantitative estimate of drug-likeness (QED) is 0.700. The number of carbonyl (C=O) groups is 1. The lowest BCUT2D eigenvalue weighted by Gasteiger charge is -2.18. The molecule has 23 heavy (non-hydrogen) atoms. The summed E-state index contributed by atoms with van der Waals surface area (Å²) < 4.78 is 0. The SMILES string of the molecule is Cc1ccc(CNC(=O)C(CCO)NCc2ccccc2)cc1. The number of benzene rings is 2. The predicted molar refractivity (Wildman–Crippen MR) is 91.8 cm³/mol. The Kier molecular flexibility index (Phi) is 6.78. The number of nitrogens with one attached hydrogen (secondary N) is 2. The van der Waals surface area contributed by atoms with Gasteiger partial charge in [-0.1, -0.05) is 60.2 Å². The van der Waals surface area contributed by atoms with Gasteiger partial charge in [-0.05, 0) is 24.5 Å². The van der Waals surface area contributed by atoms with Crippen molar-refractivity contribution in [3.8, 4) is 0 Å². The Labute approximate surface area is 137 Å². The first-order valence-electron chi connectivity index (χ1n) is 7.90. The van der Waals surface area contributed by atoms with Gasteiger partial charge in [-0.2, -0.15) is 0 Å². The number of hydrogen-bond donors (Lipinski definition) is 3. The van der Waals surface area contributed by atoms with Crippen LogP contribution in [-0.4, -0.2) is 23.7 Å². The lowest BCUT2D eigenvalue weighted by Crippen LogP contribution is -2.44. The van der Waals surface area contributed by atoms with Crippen molar-refractivity contribution in [2.75, 3.05) is 6.61 Å². The standard InChI is InChI=1S/C19H24N2O2/c1-15-7-9-17(10-8-15)14-21-19(23)18(11-12-22)20-13-16-5-3-2-4-6-16/h2-10,18,20,22H,11-14H2,1H3,(H,21,23). The molecule has 0 saturated heterocycles. The maximum absolute atomic E-state index is 12.3. The fourth-order valence-electron chi connectivity index (χ4n) is 2.31. The zero-order valence-corrected chi connectivity index (χ0v) is 13.5. The van der Waals surface area contributed by atoms with Gasteiger partial charge >= 0.3 is 0 Å². The molecule has 0 aliphatic rings. The monoisotopic (exact) mass is 312 g/mol. The summed E-state index contributed by atoms with van der Waals surface area (Å²) in [6.45, 7) is 3.11. The molecule has 1 unspecified atom stereocenters. The Morgan fingerprint density at radius 3 is 2.30 bits per heavy atom. The van der Waals surface area contributed by atoms with Crippen molar-refractivity contribution in [3.05, 3.63) is 71.3 Å². The van der Waals surface area contributed by atoms with Crippen molar-refractivity contribution in [1.82, 2.24) is 10.6 Å². The molecule has 2 rings (SSSR count). The van der Waals surface area contributed by atoms with Gasteiger partial charge in [0.1, 0.15) is 0 Å². The Bertz CT molecular complexity index is 597. The van der Waals surface area contributed by atoms with E-state index in [-0.39, 0.29) is 12.5 Å². The fourth-order valence-corrected chi connectivity index (χ4v) is 2.31. The molecular weight excluding hydrogens is 288 g/mol. The number of aliphatic hydroxyl groups excluding tert-OH is 1. The minimum absolute atomic E-state index is 0.0234. The van der Waals surface area contributed by atoms with Gasteiger partial charge in [-0.3, -0.25) is 4.79 Å². The van der Waals surface area contributed by atoms with E-state index in [1.54, 1.807) is 0 Å². The van der Waals surface area contributed by atoms with E-state index in [1.807, 2.05) is 61.5 Å². The molecule has 0 radical (unpaired) electrons. The number of aliphatic hydroxyl groups is 1. The van der Waals surface area contributed by atoms with Crippen molar-refractivity contribution in [3.63, 3.8) is 0 Å². The van der Waals surface area contributed by atoms with Crippen LogP contribution in [0.1, 0.15) is 23.1 Å². The molecule has 0 saturated carbocycles. The summed E-state index contributed by atoms with van der Waals surface area (Å²) in [5.74, 6) is -0.0874. The van der Waals surface area contributed by atoms with Crippen LogP contribution < -0.4 is 10.6 Å². The topological polar surface area (TPSA) is 61.4 Å². The summed E-state index contributed by atoms with van der Waals surface area (Å²) in [4.78, 5) is 12.3. The summed E-state index contributed by atoms with van der Waals surface area (Å²) in [7, 11) is 0. The molecule has 0 fully saturated rings. The van der Waals surface area contributed by atoms with Crippen LogP contribution in [0.2, 0.25) is 0 Å². The smallest absolute Gasteiger partial charge is 0.237 e. The van der Waals surface area contributed by atoms with Crippen LogP contribution in [0.4, 0.5) is 0 Å². The molecule has 0 aromatic heterocycles. The molecule has 2 aromatic carbocycles. The average molecular weight is 312 g/mol. The molecule has 0 aliphatic heterocycles. The summed E-state index contributed by atoms with van der Waals surface area (Å²) >= 11 is 0. The Balaban J connectivity index is 1.86. The van der Waals surface area contributed by atoms with Crippen LogP contribution in [0.5, 0.6) is 0 Å². The molecule has 0 heterocycles. The highest BCUT2D eigenvalue weighted by Gasteiger charge is 2.16. The molecule has 0 bridgehead atoms. The van der Waals surface area contributed by atoms with E-state index in [0.717, 1.165) is 11.1 Å². The third kappa shape index (κ3) is 5.85. The molecule has 0 aliphatic carbocycles. The molecule has 122 valence electrons. The minimum atomic E-state index is -0.398. The highest BCUT2D eigenvalue weighted by molar-refractivity contribution is 5.81. The number of carbonyl (C=O) groups excluding carboxylic acids is 1. The lowest BCUT2D eigenvalue weighted by molar-refractivity contribution is -0.123. The predicted octanol–water partition coefficient (Wildman–Crippen LogP) is 2.15. The van der Waals surface area contributed by atoms with Crippen LogP contribution in [0.3, 0.4) is 0 Å². The number of rotatable bonds is 8. The Morgan fingerprint density at radius 1 is 1.00 bits per heavy atom. The molecule has 2 aromatic rings. The molecule has 1 amide bonds. The van der Waals surface area contributed by atoms with Gasteiger partial charge in [-0.25, -0.2) is 0 Å². The van der Waals surface area contributed by atoms with Crippen molar-refractivity contribution in [1.29, 1.82) is 0 Å². The first kappa shape index (κ1) is 17.2. The maximum Gasteiger partial charge on any atom is 0.237 e. The Morgan fingerprint density at radius 2 is 1.65 bits per heavy atom. The van der Waals surface area contributed by atoms with Crippen molar-refractivity contribution >= 4 is 5.91 Å². The van der Waals surface area contributed by atoms with E-state index in [0.29, 0.717) is 19.5 Å². The molecule has 3 N–H and O–H groups in total. The van der Waals surface area contributed by atoms with E-state index in [4.69, 9.17) is 0 Å². The van der Waals surface area contributed by atoms with Crippen LogP contribution >= 0.6 is 0 Å². The second-order valence-corrected chi connectivity index (χ2v) is 5.63. The van der Waals surface area contributed by atoms with Gasteiger partial charge in [0, 0.05) is 19.7 Å². The van der Waals surface area contributed by atoms with Gasteiger partial charge < -0.3 is 15.7 Å². The van der Waals surface area contributed by atoms with E-state index < -0.39 is 6.04 Å². The molecule has 4 heteroatoms. The maximum atomic E-state index is 12.3. The largest absolute Gasteiger partial charge is 0.396 e. The summed E-state index contributed by atoms with van der Waals surface area (Å²) in [5.41, 5.74) is 3.37. The van der Waals surface area contributed by atoms with Gasteiger partial charge in [0.05, 0.1) is 6.04 Å². The molecule has 1 atom stereocenters. The average Bonchev–Trinajstić information content (AvgIpc) is 2.58. The van der Waals surface area contributed by atoms with Crippen molar-refractivity contribution < 1.29 is 9.90 Å². The van der Waals surface area contributed by atoms with Crippen molar-refractivity contribution in [2.24, 2.45) is 0 Å². The first-order valence-corrected chi connectivity index (χ1v) is 7.90. The zero-order chi connectivity index (χ0) is 16.5. The number of amides is 1. The van der Waals surface area contributed by atoms with E-state index in [9.17, 15) is 9.90 Å². The van der Waals surface area contributed by atoms with Crippen LogP contribution in [0.15, 0.2) is 54.6 Å². The van der Waals surface area contributed by atoms with Gasteiger partial charge in [0.25, 0.3) is 0 Å². The highest BCUT2D eigenvalue weighted by atomic mass is 16.3. The fraction of sp³-hybridized carbons (Fsp3) is 0.316. The van der Waals surface area contributed by atoms with E-state index in [2.05, 4.69) is 10.6 Å². The van der Waals surface area contributed by atoms with E-state index in [1.165, 1.54) is 5.56 Å². The Hall–Kier alpha value is -2.17. The molecule has 4 nitrogen and oxygen atoms in total. The normalized spacial score (nSPS) is 11.9. The lowest BCUT2D eigenvalue weighted by atomic mass is 10.1. The van der Waals surface area contributed by atoms with Crippen LogP contribution in [0.25, 0.3) is 0 Å². The summed E-state index contributed by atoms with van der Waals surface area (Å²) in [6, 6.07) is 17.6. The van der Waals surface area contributed by atoms with E-state index >= 15 is 0 Å². The van der Waals surface area contributed by atoms with Gasteiger partial charge in [0.2, 0.25) is 5.91 Å². The number of aryl methyl sites for hydroxylation is 1. The van der Waals surface area contributed by atoms with Crippen molar-refractivity contribution in [2.45, 2.75) is 32.5 Å². The van der Waals surface area contributed by atoms with Crippen LogP contribution in [-0.2, 0) is 17.9 Å². The second kappa shape index (κ2) is 9.08. The number of hydrogen-bond acceptors (Lipinski definition) is 3. The second-order valence-electron chi connectivity index (χ2n) is 5.63. The zero-order valence-electron chi connectivity index (χ0n) is 13.5. The van der Waals surface area contributed by atoms with Gasteiger partial charge in [-0.15, -0.1) is 0 Å². The highest BCUT2D eigenvalue weighted by Crippen LogP contribution is 2.04. The molecule has 0 spiro atoms. The first-order chi connectivity index (χ1) is 11.2. The van der Waals surface area contributed by atoms with Crippen LogP contribution in [0, 0.1) is 6.92 Å².